The van der Waals surface area contributed by atoms with Gasteiger partial charge in [-0.25, -0.2) is 4.79 Å². The predicted octanol–water partition coefficient (Wildman–Crippen LogP) is 8.99. The molecule has 0 saturated carbocycles. The Hall–Kier alpha value is -5.04. The number of benzene rings is 4. The fraction of sp³-hybridized carbons (Fsp3) is 0.333. The van der Waals surface area contributed by atoms with Gasteiger partial charge in [0.25, 0.3) is 0 Å². The van der Waals surface area contributed by atoms with Crippen LogP contribution in [-0.2, 0) is 28.5 Å². The molecule has 2 N–H and O–H groups in total. The van der Waals surface area contributed by atoms with E-state index in [1.165, 1.54) is 16.7 Å². The van der Waals surface area contributed by atoms with E-state index < -0.39 is 11.9 Å². The van der Waals surface area contributed by atoms with Gasteiger partial charge in [-0.15, -0.1) is 0 Å². The summed E-state index contributed by atoms with van der Waals surface area (Å²) in [6.45, 7) is 12.7. The number of ether oxygens (including phenoxy) is 1. The molecule has 0 amide bonds. The summed E-state index contributed by atoms with van der Waals surface area (Å²) in [5.41, 5.74) is 7.23. The molecule has 49 heavy (non-hydrogen) atoms. The van der Waals surface area contributed by atoms with Crippen LogP contribution in [0, 0.1) is 6.92 Å². The first-order valence-electron chi connectivity index (χ1n) is 16.7. The average Bonchev–Trinajstić information content (AvgIpc) is 3.06. The Bertz CT molecular complexity index is 1830. The zero-order valence-electron chi connectivity index (χ0n) is 29.3. The fourth-order valence-corrected chi connectivity index (χ4v) is 6.07. The molecule has 4 aromatic carbocycles. The number of aromatic hydroxyl groups is 1. The lowest BCUT2D eigenvalue weighted by Crippen LogP contribution is -2.28. The van der Waals surface area contributed by atoms with Gasteiger partial charge in [-0.05, 0) is 95.7 Å². The van der Waals surface area contributed by atoms with Gasteiger partial charge in [-0.2, -0.15) is 0 Å². The molecule has 0 unspecified atom stereocenters. The minimum absolute atomic E-state index is 0.0812. The van der Waals surface area contributed by atoms with Crippen molar-refractivity contribution in [3.63, 3.8) is 0 Å². The van der Waals surface area contributed by atoms with Crippen LogP contribution in [-0.4, -0.2) is 33.7 Å². The van der Waals surface area contributed by atoms with Gasteiger partial charge in [0.1, 0.15) is 11.5 Å². The minimum atomic E-state index is -0.916. The Morgan fingerprint density at radius 1 is 0.714 bits per heavy atom. The highest BCUT2D eigenvalue weighted by Crippen LogP contribution is 2.38. The number of Topliss-reactive ketones (excluding diaryl/α,β-unsaturated/α-hetero) is 2. The third-order valence-electron chi connectivity index (χ3n) is 9.28. The first kappa shape index (κ1) is 36.8. The molecule has 0 bridgehead atoms. The third-order valence-corrected chi connectivity index (χ3v) is 9.28. The molecule has 4 aromatic rings. The second kappa shape index (κ2) is 15.5. The number of rotatable bonds is 5. The summed E-state index contributed by atoms with van der Waals surface area (Å²) in [6.07, 6.45) is 3.89. The van der Waals surface area contributed by atoms with Crippen LogP contribution < -0.4 is 4.74 Å². The number of phenolic OH excluding ortho intramolecular Hbond substituents is 1. The number of hydrogen-bond donors (Lipinski definition) is 2. The van der Waals surface area contributed by atoms with E-state index in [2.05, 4.69) is 47.6 Å². The molecule has 0 heterocycles. The van der Waals surface area contributed by atoms with Crippen molar-refractivity contribution in [3.8, 4) is 11.5 Å². The van der Waals surface area contributed by atoms with Crippen molar-refractivity contribution >= 4 is 23.5 Å². The number of carboxylic acids is 1. The molecule has 0 aliphatic heterocycles. The molecular weight excluding hydrogens is 616 g/mol. The molecule has 2 aliphatic carbocycles. The van der Waals surface area contributed by atoms with Crippen LogP contribution in [0.25, 0.3) is 0 Å². The smallest absolute Gasteiger partial charge is 0.343 e. The van der Waals surface area contributed by atoms with Gasteiger partial charge in [0, 0.05) is 24.0 Å². The standard InChI is InChI=1S/C21H20O5.C13H16O.C8H10O/c1-21(2)10-9-18(22)16-8-5-14(12-17(16)21)20(25)26-15-6-3-13(4-7-15)11-19(23)24;1-9-4-5-10-11(8-9)13(2,3)7-6-12(10)14;1-2-7-3-5-8(9)6-4-7/h3-8,12H,9-11H2,1-2H3,(H,23,24);4-5,8H,6-7H2,1-3H3;3-6,9H,2H2,1H3. The van der Waals surface area contributed by atoms with E-state index in [4.69, 9.17) is 14.9 Å². The summed E-state index contributed by atoms with van der Waals surface area (Å²) in [5.74, 6) is -0.328. The highest BCUT2D eigenvalue weighted by atomic mass is 16.5. The number of phenols is 1. The van der Waals surface area contributed by atoms with Crippen LogP contribution in [0.2, 0.25) is 0 Å². The lowest BCUT2D eigenvalue weighted by Gasteiger charge is -2.31. The molecule has 0 radical (unpaired) electrons. The van der Waals surface area contributed by atoms with Crippen LogP contribution in [0.4, 0.5) is 0 Å². The number of hydrogen-bond acceptors (Lipinski definition) is 6. The summed E-state index contributed by atoms with van der Waals surface area (Å²) in [5, 5.41) is 17.6. The predicted molar refractivity (Wildman–Crippen MR) is 191 cm³/mol. The first-order valence-corrected chi connectivity index (χ1v) is 16.7. The van der Waals surface area contributed by atoms with Crippen LogP contribution in [0.3, 0.4) is 0 Å². The molecule has 7 heteroatoms. The number of aryl methyl sites for hydroxylation is 2. The van der Waals surface area contributed by atoms with Crippen molar-refractivity contribution in [2.45, 2.75) is 90.9 Å². The number of ketones is 2. The highest BCUT2D eigenvalue weighted by Gasteiger charge is 2.33. The summed E-state index contributed by atoms with van der Waals surface area (Å²) >= 11 is 0. The SMILES string of the molecule is CC1(C)CCC(=O)c2ccc(C(=O)Oc3ccc(CC(=O)O)cc3)cc21.CCc1ccc(O)cc1.Cc1ccc2c(c1)C(C)(C)CCC2=O. The van der Waals surface area contributed by atoms with Gasteiger partial charge in [0.05, 0.1) is 12.0 Å². The minimum Gasteiger partial charge on any atom is -0.508 e. The zero-order chi connectivity index (χ0) is 35.9. The lowest BCUT2D eigenvalue weighted by molar-refractivity contribution is -0.136. The molecule has 0 spiro atoms. The largest absolute Gasteiger partial charge is 0.508 e. The summed E-state index contributed by atoms with van der Waals surface area (Å²) in [4.78, 5) is 46.9. The molecule has 0 saturated heterocycles. The molecular formula is C42H46O7. The maximum absolute atomic E-state index is 12.5. The second-order valence-corrected chi connectivity index (χ2v) is 14.0. The van der Waals surface area contributed by atoms with Crippen molar-refractivity contribution in [2.75, 3.05) is 0 Å². The summed E-state index contributed by atoms with van der Waals surface area (Å²) in [7, 11) is 0. The van der Waals surface area contributed by atoms with Crippen LogP contribution in [0.5, 0.6) is 11.5 Å². The van der Waals surface area contributed by atoms with Crippen molar-refractivity contribution in [3.05, 3.63) is 129 Å². The van der Waals surface area contributed by atoms with Gasteiger partial charge >= 0.3 is 11.9 Å². The maximum Gasteiger partial charge on any atom is 0.343 e. The number of carboxylic acid groups (broad SMARTS) is 1. The van der Waals surface area contributed by atoms with Crippen molar-refractivity contribution in [1.29, 1.82) is 0 Å². The first-order chi connectivity index (χ1) is 23.1. The second-order valence-electron chi connectivity index (χ2n) is 14.0. The van der Waals surface area contributed by atoms with Gasteiger partial charge < -0.3 is 14.9 Å². The topological polar surface area (TPSA) is 118 Å². The normalized spacial score (nSPS) is 15.3. The number of esters is 1. The molecule has 0 atom stereocenters. The molecule has 2 aliphatic rings. The van der Waals surface area contributed by atoms with E-state index in [-0.39, 0.29) is 23.0 Å². The lowest BCUT2D eigenvalue weighted by atomic mass is 9.72. The van der Waals surface area contributed by atoms with Gasteiger partial charge in [-0.3, -0.25) is 14.4 Å². The quantitative estimate of drug-likeness (QED) is 0.162. The van der Waals surface area contributed by atoms with E-state index in [0.717, 1.165) is 30.4 Å². The average molecular weight is 663 g/mol. The number of carbonyl (C=O) groups is 4. The molecule has 0 aromatic heterocycles. The Morgan fingerprint density at radius 3 is 1.76 bits per heavy atom. The summed E-state index contributed by atoms with van der Waals surface area (Å²) < 4.78 is 5.38. The Balaban J connectivity index is 0.000000195. The fourth-order valence-electron chi connectivity index (χ4n) is 6.07. The highest BCUT2D eigenvalue weighted by molar-refractivity contribution is 6.01. The van der Waals surface area contributed by atoms with Crippen LogP contribution >= 0.6 is 0 Å². The Labute approximate surface area is 289 Å². The molecule has 7 nitrogen and oxygen atoms in total. The van der Waals surface area contributed by atoms with Gasteiger partial charge in [0.15, 0.2) is 11.6 Å². The van der Waals surface area contributed by atoms with E-state index in [1.807, 2.05) is 24.3 Å². The Morgan fingerprint density at radius 2 is 1.22 bits per heavy atom. The molecule has 256 valence electrons. The molecule has 0 fully saturated rings. The maximum atomic E-state index is 12.5. The van der Waals surface area contributed by atoms with E-state index in [1.54, 1.807) is 54.6 Å². The van der Waals surface area contributed by atoms with E-state index in [9.17, 15) is 19.2 Å². The van der Waals surface area contributed by atoms with Crippen molar-refractivity contribution in [1.82, 2.24) is 0 Å². The van der Waals surface area contributed by atoms with Crippen molar-refractivity contribution in [2.24, 2.45) is 0 Å². The monoisotopic (exact) mass is 662 g/mol. The van der Waals surface area contributed by atoms with E-state index in [0.29, 0.717) is 46.8 Å². The summed E-state index contributed by atoms with van der Waals surface area (Å²) in [6, 6.07) is 24.9. The van der Waals surface area contributed by atoms with E-state index >= 15 is 0 Å². The van der Waals surface area contributed by atoms with Gasteiger partial charge in [-0.1, -0.05) is 88.7 Å². The van der Waals surface area contributed by atoms with Crippen LogP contribution in [0.15, 0.2) is 84.9 Å². The number of carbonyl (C=O) groups excluding carboxylic acids is 3. The van der Waals surface area contributed by atoms with Crippen molar-refractivity contribution < 1.29 is 34.1 Å². The number of fused-ring (bicyclic) bond motifs is 2. The third kappa shape index (κ3) is 9.53. The zero-order valence-corrected chi connectivity index (χ0v) is 29.3. The Kier molecular flexibility index (Phi) is 11.6. The van der Waals surface area contributed by atoms with Gasteiger partial charge in [0.2, 0.25) is 0 Å². The number of aliphatic carboxylic acids is 1. The van der Waals surface area contributed by atoms with Crippen LogP contribution in [0.1, 0.15) is 119 Å². The molecule has 6 rings (SSSR count).